The monoisotopic (exact) mass is 432 g/mol. The Morgan fingerprint density at radius 3 is 2.29 bits per heavy atom. The molecule has 0 heterocycles. The number of hydrogen-bond acceptors (Lipinski definition) is 3. The number of benzene rings is 2. The SMILES string of the molecule is CCNc1ccc(S(=O)(=O)Nc2ccc(Br)cc2Br)cc1. The molecule has 112 valence electrons. The summed E-state index contributed by atoms with van der Waals surface area (Å²) < 4.78 is 28.8. The van der Waals surface area contributed by atoms with E-state index < -0.39 is 10.0 Å². The zero-order valence-electron chi connectivity index (χ0n) is 11.2. The third-order valence-electron chi connectivity index (χ3n) is 2.72. The van der Waals surface area contributed by atoms with Crippen LogP contribution in [0.15, 0.2) is 56.3 Å². The van der Waals surface area contributed by atoms with Gasteiger partial charge in [-0.1, -0.05) is 15.9 Å². The van der Waals surface area contributed by atoms with Crippen molar-refractivity contribution in [1.82, 2.24) is 0 Å². The summed E-state index contributed by atoms with van der Waals surface area (Å²) in [6.45, 7) is 2.77. The van der Waals surface area contributed by atoms with E-state index in [1.165, 1.54) is 0 Å². The van der Waals surface area contributed by atoms with Crippen molar-refractivity contribution in [2.75, 3.05) is 16.6 Å². The number of nitrogens with one attached hydrogen (secondary N) is 2. The molecule has 0 fully saturated rings. The predicted molar refractivity (Wildman–Crippen MR) is 93.3 cm³/mol. The molecule has 2 aromatic carbocycles. The highest BCUT2D eigenvalue weighted by atomic mass is 79.9. The van der Waals surface area contributed by atoms with Crippen LogP contribution in [0, 0.1) is 0 Å². The normalized spacial score (nSPS) is 11.2. The van der Waals surface area contributed by atoms with E-state index in [2.05, 4.69) is 41.9 Å². The highest BCUT2D eigenvalue weighted by Crippen LogP contribution is 2.28. The Hall–Kier alpha value is -1.05. The Morgan fingerprint density at radius 2 is 1.71 bits per heavy atom. The lowest BCUT2D eigenvalue weighted by atomic mass is 10.3. The number of sulfonamides is 1. The van der Waals surface area contributed by atoms with Crippen molar-refractivity contribution in [3.63, 3.8) is 0 Å². The lowest BCUT2D eigenvalue weighted by Gasteiger charge is -2.11. The summed E-state index contributed by atoms with van der Waals surface area (Å²) in [4.78, 5) is 0.221. The minimum absolute atomic E-state index is 0.221. The highest BCUT2D eigenvalue weighted by molar-refractivity contribution is 9.11. The van der Waals surface area contributed by atoms with Gasteiger partial charge in [-0.25, -0.2) is 8.42 Å². The molecule has 0 amide bonds. The molecule has 0 saturated carbocycles. The van der Waals surface area contributed by atoms with Gasteiger partial charge in [-0.05, 0) is 65.3 Å². The molecule has 0 unspecified atom stereocenters. The molecule has 0 aromatic heterocycles. The molecule has 0 atom stereocenters. The van der Waals surface area contributed by atoms with Crippen LogP contribution in [0.1, 0.15) is 6.92 Å². The van der Waals surface area contributed by atoms with Crippen LogP contribution >= 0.6 is 31.9 Å². The first-order valence-corrected chi connectivity index (χ1v) is 9.31. The van der Waals surface area contributed by atoms with E-state index in [4.69, 9.17) is 0 Å². The first-order valence-electron chi connectivity index (χ1n) is 6.24. The average molecular weight is 434 g/mol. The molecule has 4 nitrogen and oxygen atoms in total. The minimum atomic E-state index is -3.60. The molecule has 2 rings (SSSR count). The van der Waals surface area contributed by atoms with Gasteiger partial charge in [-0.15, -0.1) is 0 Å². The van der Waals surface area contributed by atoms with Crippen LogP contribution in [0.5, 0.6) is 0 Å². The van der Waals surface area contributed by atoms with Gasteiger partial charge in [0.15, 0.2) is 0 Å². The van der Waals surface area contributed by atoms with Crippen LogP contribution < -0.4 is 10.0 Å². The second-order valence-electron chi connectivity index (χ2n) is 4.28. The Morgan fingerprint density at radius 1 is 1.05 bits per heavy atom. The minimum Gasteiger partial charge on any atom is -0.385 e. The summed E-state index contributed by atoms with van der Waals surface area (Å²) >= 11 is 6.67. The first kappa shape index (κ1) is 16.3. The molecule has 21 heavy (non-hydrogen) atoms. The molecule has 0 aliphatic heterocycles. The maximum Gasteiger partial charge on any atom is 0.261 e. The maximum atomic E-state index is 12.3. The zero-order chi connectivity index (χ0) is 15.5. The first-order chi connectivity index (χ1) is 9.92. The standard InChI is InChI=1S/C14H14Br2N2O2S/c1-2-17-11-4-6-12(7-5-11)21(19,20)18-14-8-3-10(15)9-13(14)16/h3-9,17-18H,2H2,1H3. The van der Waals surface area contributed by atoms with Crippen molar-refractivity contribution in [3.8, 4) is 0 Å². The fourth-order valence-electron chi connectivity index (χ4n) is 1.73. The quantitative estimate of drug-likeness (QED) is 0.732. The molecule has 0 aliphatic carbocycles. The predicted octanol–water partition coefficient (Wildman–Crippen LogP) is 4.44. The molecule has 0 radical (unpaired) electrons. The van der Waals surface area contributed by atoms with E-state index in [-0.39, 0.29) is 4.90 Å². The van der Waals surface area contributed by atoms with Crippen LogP contribution in [0.4, 0.5) is 11.4 Å². The summed E-state index contributed by atoms with van der Waals surface area (Å²) in [6.07, 6.45) is 0. The molecule has 0 saturated heterocycles. The van der Waals surface area contributed by atoms with E-state index in [1.807, 2.05) is 6.92 Å². The summed E-state index contributed by atoms with van der Waals surface area (Å²) in [5.74, 6) is 0. The summed E-state index contributed by atoms with van der Waals surface area (Å²) in [5.41, 5.74) is 1.38. The van der Waals surface area contributed by atoms with Gasteiger partial charge in [0.2, 0.25) is 0 Å². The Labute approximate surface area is 141 Å². The Balaban J connectivity index is 2.25. The smallest absolute Gasteiger partial charge is 0.261 e. The van der Waals surface area contributed by atoms with Crippen molar-refractivity contribution in [3.05, 3.63) is 51.4 Å². The van der Waals surface area contributed by atoms with Crippen molar-refractivity contribution in [1.29, 1.82) is 0 Å². The Bertz CT molecular complexity index is 731. The number of rotatable bonds is 5. The molecular weight excluding hydrogens is 420 g/mol. The van der Waals surface area contributed by atoms with Gasteiger partial charge in [-0.3, -0.25) is 4.72 Å². The van der Waals surface area contributed by atoms with Gasteiger partial charge in [-0.2, -0.15) is 0 Å². The summed E-state index contributed by atoms with van der Waals surface area (Å²) in [7, 11) is -3.60. The molecule has 0 aliphatic rings. The van der Waals surface area contributed by atoms with E-state index in [0.717, 1.165) is 16.7 Å². The third kappa shape index (κ3) is 4.21. The molecule has 0 spiro atoms. The third-order valence-corrected chi connectivity index (χ3v) is 5.25. The van der Waals surface area contributed by atoms with Gasteiger partial charge >= 0.3 is 0 Å². The molecule has 2 aromatic rings. The van der Waals surface area contributed by atoms with Gasteiger partial charge in [0.05, 0.1) is 10.6 Å². The van der Waals surface area contributed by atoms with E-state index in [1.54, 1.807) is 42.5 Å². The second-order valence-corrected chi connectivity index (χ2v) is 7.74. The average Bonchev–Trinajstić information content (AvgIpc) is 2.43. The number of anilines is 2. The fourth-order valence-corrected chi connectivity index (χ4v) is 4.09. The topological polar surface area (TPSA) is 58.2 Å². The molecule has 0 bridgehead atoms. The van der Waals surface area contributed by atoms with Crippen molar-refractivity contribution >= 4 is 53.3 Å². The van der Waals surface area contributed by atoms with Gasteiger partial charge in [0.25, 0.3) is 10.0 Å². The lowest BCUT2D eigenvalue weighted by molar-refractivity contribution is 0.601. The fraction of sp³-hybridized carbons (Fsp3) is 0.143. The number of halogens is 2. The van der Waals surface area contributed by atoms with Crippen LogP contribution in [0.2, 0.25) is 0 Å². The van der Waals surface area contributed by atoms with Crippen molar-refractivity contribution in [2.24, 2.45) is 0 Å². The Kier molecular flexibility index (Phi) is 5.29. The van der Waals surface area contributed by atoms with E-state index in [0.29, 0.717) is 10.2 Å². The largest absolute Gasteiger partial charge is 0.385 e. The summed E-state index contributed by atoms with van der Waals surface area (Å²) in [6, 6.07) is 11.9. The molecule has 2 N–H and O–H groups in total. The molecular formula is C14H14Br2N2O2S. The van der Waals surface area contributed by atoms with Crippen molar-refractivity contribution in [2.45, 2.75) is 11.8 Å². The number of hydrogen-bond donors (Lipinski definition) is 2. The van der Waals surface area contributed by atoms with Crippen LogP contribution in [0.3, 0.4) is 0 Å². The zero-order valence-corrected chi connectivity index (χ0v) is 15.2. The van der Waals surface area contributed by atoms with E-state index >= 15 is 0 Å². The van der Waals surface area contributed by atoms with Crippen molar-refractivity contribution < 1.29 is 8.42 Å². The summed E-state index contributed by atoms with van der Waals surface area (Å²) in [5, 5.41) is 3.12. The molecule has 7 heteroatoms. The van der Waals surface area contributed by atoms with Crippen LogP contribution in [-0.2, 0) is 10.0 Å². The maximum absolute atomic E-state index is 12.3. The second kappa shape index (κ2) is 6.81. The highest BCUT2D eigenvalue weighted by Gasteiger charge is 2.15. The van der Waals surface area contributed by atoms with Gasteiger partial charge in [0.1, 0.15) is 0 Å². The lowest BCUT2D eigenvalue weighted by Crippen LogP contribution is -2.13. The van der Waals surface area contributed by atoms with Crippen LogP contribution in [0.25, 0.3) is 0 Å². The van der Waals surface area contributed by atoms with Gasteiger partial charge < -0.3 is 5.32 Å². The van der Waals surface area contributed by atoms with Crippen LogP contribution in [-0.4, -0.2) is 15.0 Å². The van der Waals surface area contributed by atoms with Gasteiger partial charge in [0, 0.05) is 21.2 Å². The van der Waals surface area contributed by atoms with E-state index in [9.17, 15) is 8.42 Å².